The number of hydrogen-bond donors (Lipinski definition) is 2. The first-order valence-electron chi connectivity index (χ1n) is 7.91. The minimum atomic E-state index is 0. The van der Waals surface area contributed by atoms with E-state index in [9.17, 15) is 10.0 Å². The molecular formula is C20H20N2O4. The van der Waals surface area contributed by atoms with Crippen molar-refractivity contribution in [3.05, 3.63) is 88.8 Å². The molecule has 0 amide bonds. The minimum absolute atomic E-state index is 0. The summed E-state index contributed by atoms with van der Waals surface area (Å²) in [4.78, 5) is 10.6. The van der Waals surface area contributed by atoms with Crippen molar-refractivity contribution in [2.75, 3.05) is 5.32 Å². The van der Waals surface area contributed by atoms with Crippen molar-refractivity contribution in [2.24, 2.45) is 5.18 Å². The Morgan fingerprint density at radius 3 is 2.54 bits per heavy atom. The van der Waals surface area contributed by atoms with E-state index in [1.807, 2.05) is 42.5 Å². The van der Waals surface area contributed by atoms with Gasteiger partial charge in [0.1, 0.15) is 23.8 Å². The molecular weight excluding hydrogens is 332 g/mol. The van der Waals surface area contributed by atoms with Gasteiger partial charge in [-0.3, -0.25) is 0 Å². The number of para-hydroxylation sites is 3. The van der Waals surface area contributed by atoms with Gasteiger partial charge in [-0.25, -0.2) is 0 Å². The predicted octanol–water partition coefficient (Wildman–Crippen LogP) is 4.16. The largest absolute Gasteiger partial charge is 0.506 e. The fourth-order valence-electron chi connectivity index (χ4n) is 2.47. The number of benzene rings is 3. The van der Waals surface area contributed by atoms with Crippen molar-refractivity contribution in [2.45, 2.75) is 13.2 Å². The third-order valence-corrected chi connectivity index (χ3v) is 3.76. The summed E-state index contributed by atoms with van der Waals surface area (Å²) < 4.78 is 5.90. The molecule has 0 saturated carbocycles. The summed E-state index contributed by atoms with van der Waals surface area (Å²) in [5, 5.41) is 16.0. The normalized spacial score (nSPS) is 9.85. The lowest BCUT2D eigenvalue weighted by Crippen LogP contribution is -2.03. The Kier molecular flexibility index (Phi) is 6.70. The second-order valence-electron chi connectivity index (χ2n) is 5.53. The van der Waals surface area contributed by atoms with Crippen LogP contribution in [0, 0.1) is 4.91 Å². The highest BCUT2D eigenvalue weighted by Crippen LogP contribution is 2.25. The third kappa shape index (κ3) is 4.81. The SMILES string of the molecule is O.O=Nc1cccc(COc2ccccc2CNc2ccccc2O)c1. The van der Waals surface area contributed by atoms with Gasteiger partial charge in [0.15, 0.2) is 0 Å². The molecule has 134 valence electrons. The maximum absolute atomic E-state index is 10.6. The van der Waals surface area contributed by atoms with Gasteiger partial charge in [-0.1, -0.05) is 42.5 Å². The summed E-state index contributed by atoms with van der Waals surface area (Å²) in [6, 6.07) is 21.8. The van der Waals surface area contributed by atoms with Gasteiger partial charge < -0.3 is 20.6 Å². The van der Waals surface area contributed by atoms with Crippen LogP contribution in [0.5, 0.6) is 11.5 Å². The van der Waals surface area contributed by atoms with E-state index >= 15 is 0 Å². The highest BCUT2D eigenvalue weighted by molar-refractivity contribution is 5.55. The van der Waals surface area contributed by atoms with E-state index in [-0.39, 0.29) is 11.2 Å². The molecule has 26 heavy (non-hydrogen) atoms. The molecule has 0 aliphatic rings. The molecule has 0 aliphatic heterocycles. The Labute approximate surface area is 151 Å². The molecule has 0 radical (unpaired) electrons. The van der Waals surface area contributed by atoms with Gasteiger partial charge in [0, 0.05) is 12.1 Å². The van der Waals surface area contributed by atoms with Gasteiger partial charge in [-0.2, -0.15) is 0 Å². The summed E-state index contributed by atoms with van der Waals surface area (Å²) in [6.45, 7) is 0.862. The molecule has 6 heteroatoms. The zero-order chi connectivity index (χ0) is 17.5. The van der Waals surface area contributed by atoms with Crippen LogP contribution in [0.25, 0.3) is 0 Å². The average Bonchev–Trinajstić information content (AvgIpc) is 2.66. The number of ether oxygens (including phenoxy) is 1. The van der Waals surface area contributed by atoms with Crippen molar-refractivity contribution in [3.8, 4) is 11.5 Å². The van der Waals surface area contributed by atoms with E-state index in [4.69, 9.17) is 4.74 Å². The van der Waals surface area contributed by atoms with Crippen LogP contribution >= 0.6 is 0 Å². The maximum Gasteiger partial charge on any atom is 0.138 e. The number of anilines is 1. The highest BCUT2D eigenvalue weighted by Gasteiger charge is 2.06. The third-order valence-electron chi connectivity index (χ3n) is 3.76. The molecule has 0 atom stereocenters. The van der Waals surface area contributed by atoms with Crippen molar-refractivity contribution in [1.82, 2.24) is 0 Å². The lowest BCUT2D eigenvalue weighted by atomic mass is 10.2. The van der Waals surface area contributed by atoms with Crippen LogP contribution in [0.1, 0.15) is 11.1 Å². The maximum atomic E-state index is 10.6. The second kappa shape index (κ2) is 9.19. The molecule has 0 fully saturated rings. The van der Waals surface area contributed by atoms with Crippen molar-refractivity contribution in [1.29, 1.82) is 0 Å². The van der Waals surface area contributed by atoms with Gasteiger partial charge in [0.25, 0.3) is 0 Å². The molecule has 3 rings (SSSR count). The Balaban J connectivity index is 0.00000243. The van der Waals surface area contributed by atoms with Crippen molar-refractivity contribution < 1.29 is 15.3 Å². The van der Waals surface area contributed by atoms with Crippen LogP contribution < -0.4 is 10.1 Å². The minimum Gasteiger partial charge on any atom is -0.506 e. The first-order valence-corrected chi connectivity index (χ1v) is 7.91. The summed E-state index contributed by atoms with van der Waals surface area (Å²) in [5.74, 6) is 0.953. The molecule has 0 aromatic heterocycles. The standard InChI is InChI=1S/C20H18N2O3.H2O/c23-19-10-3-2-9-18(19)21-13-16-7-1-4-11-20(16)25-14-15-6-5-8-17(12-15)22-24;/h1-12,21,23H,13-14H2;1H2. The molecule has 0 bridgehead atoms. The van der Waals surface area contributed by atoms with Crippen molar-refractivity contribution >= 4 is 11.4 Å². The zero-order valence-corrected chi connectivity index (χ0v) is 14.1. The first-order chi connectivity index (χ1) is 12.3. The van der Waals surface area contributed by atoms with E-state index in [0.717, 1.165) is 16.9 Å². The number of aromatic hydroxyl groups is 1. The molecule has 3 aromatic rings. The summed E-state index contributed by atoms with van der Waals surface area (Å²) in [5.41, 5.74) is 2.90. The zero-order valence-electron chi connectivity index (χ0n) is 14.1. The summed E-state index contributed by atoms with van der Waals surface area (Å²) in [7, 11) is 0. The highest BCUT2D eigenvalue weighted by atomic mass is 16.5. The van der Waals surface area contributed by atoms with Crippen LogP contribution in [-0.4, -0.2) is 10.6 Å². The molecule has 4 N–H and O–H groups in total. The molecule has 0 saturated heterocycles. The van der Waals surface area contributed by atoms with Gasteiger partial charge >= 0.3 is 0 Å². The summed E-state index contributed by atoms with van der Waals surface area (Å²) >= 11 is 0. The van der Waals surface area contributed by atoms with Crippen LogP contribution in [0.2, 0.25) is 0 Å². The number of nitrogens with one attached hydrogen (secondary N) is 1. The second-order valence-corrected chi connectivity index (χ2v) is 5.53. The number of nitrogens with zero attached hydrogens (tertiary/aromatic N) is 1. The molecule has 0 unspecified atom stereocenters. The number of phenolic OH excluding ortho intramolecular Hbond substituents is 1. The Bertz CT molecular complexity index is 868. The van der Waals surface area contributed by atoms with Crippen LogP contribution in [0.4, 0.5) is 11.4 Å². The fraction of sp³-hybridized carbons (Fsp3) is 0.100. The van der Waals surface area contributed by atoms with Crippen molar-refractivity contribution in [3.63, 3.8) is 0 Å². The van der Waals surface area contributed by atoms with Crippen LogP contribution in [-0.2, 0) is 13.2 Å². The van der Waals surface area contributed by atoms with E-state index in [1.165, 1.54) is 0 Å². The average molecular weight is 352 g/mol. The molecule has 0 spiro atoms. The van der Waals surface area contributed by atoms with E-state index in [1.54, 1.807) is 30.3 Å². The predicted molar refractivity (Wildman–Crippen MR) is 102 cm³/mol. The molecule has 6 nitrogen and oxygen atoms in total. The molecule has 0 heterocycles. The van der Waals surface area contributed by atoms with Gasteiger partial charge in [0.05, 0.1) is 5.69 Å². The van der Waals surface area contributed by atoms with Crippen LogP contribution in [0.15, 0.2) is 78.0 Å². The number of rotatable bonds is 7. The fourth-order valence-corrected chi connectivity index (χ4v) is 2.47. The smallest absolute Gasteiger partial charge is 0.138 e. The number of phenols is 1. The van der Waals surface area contributed by atoms with E-state index < -0.39 is 0 Å². The van der Waals surface area contributed by atoms with Crippen LogP contribution in [0.3, 0.4) is 0 Å². The first kappa shape index (κ1) is 19.0. The quantitative estimate of drug-likeness (QED) is 0.492. The number of hydrogen-bond acceptors (Lipinski definition) is 5. The monoisotopic (exact) mass is 352 g/mol. The van der Waals surface area contributed by atoms with E-state index in [0.29, 0.717) is 24.5 Å². The van der Waals surface area contributed by atoms with E-state index in [2.05, 4.69) is 10.5 Å². The topological polar surface area (TPSA) is 102 Å². The Morgan fingerprint density at radius 1 is 0.962 bits per heavy atom. The Hall–Kier alpha value is -3.38. The lowest BCUT2D eigenvalue weighted by Gasteiger charge is -2.13. The van der Waals surface area contributed by atoms with Gasteiger partial charge in [0.2, 0.25) is 0 Å². The summed E-state index contributed by atoms with van der Waals surface area (Å²) in [6.07, 6.45) is 0. The van der Waals surface area contributed by atoms with Gasteiger partial charge in [-0.15, -0.1) is 4.91 Å². The molecule has 3 aromatic carbocycles. The Morgan fingerprint density at radius 2 is 1.73 bits per heavy atom. The molecule has 0 aliphatic carbocycles. The number of nitroso groups, excluding NO2 is 1. The van der Waals surface area contributed by atoms with Gasteiger partial charge in [-0.05, 0) is 41.1 Å². The lowest BCUT2D eigenvalue weighted by molar-refractivity contribution is 0.303.